The average Bonchev–Trinajstić information content (AvgIpc) is 2.45. The molecule has 1 aromatic carbocycles. The van der Waals surface area contributed by atoms with Gasteiger partial charge in [0.15, 0.2) is 0 Å². The van der Waals surface area contributed by atoms with E-state index in [1.54, 1.807) is 24.3 Å². The zero-order valence-electron chi connectivity index (χ0n) is 10.6. The zero-order valence-corrected chi connectivity index (χ0v) is 10.6. The lowest BCUT2D eigenvalue weighted by Gasteiger charge is -2.19. The Morgan fingerprint density at radius 2 is 1.90 bits per heavy atom. The number of ether oxygens (including phenoxy) is 1. The summed E-state index contributed by atoms with van der Waals surface area (Å²) in [5.74, 6) is -2.01. The van der Waals surface area contributed by atoms with Crippen LogP contribution in [0.25, 0.3) is 0 Å². The maximum absolute atomic E-state index is 11.7. The molecule has 2 amide bonds. The summed E-state index contributed by atoms with van der Waals surface area (Å²) in [6.45, 7) is -1.10. The first-order valence-corrected chi connectivity index (χ1v) is 5.73. The van der Waals surface area contributed by atoms with Crippen molar-refractivity contribution in [1.29, 1.82) is 0 Å². The molecular weight excluding hydrogens is 266 g/mol. The molecule has 0 fully saturated rings. The van der Waals surface area contributed by atoms with Crippen molar-refractivity contribution in [2.75, 3.05) is 13.1 Å². The van der Waals surface area contributed by atoms with E-state index in [0.717, 1.165) is 5.56 Å². The number of carbonyl (C=O) groups excluding carboxylic acids is 2. The van der Waals surface area contributed by atoms with Crippen molar-refractivity contribution >= 4 is 18.0 Å². The van der Waals surface area contributed by atoms with Crippen LogP contribution in [0, 0.1) is 0 Å². The summed E-state index contributed by atoms with van der Waals surface area (Å²) in [5.41, 5.74) is 8.01. The van der Waals surface area contributed by atoms with Crippen LogP contribution in [0.15, 0.2) is 30.3 Å². The quantitative estimate of drug-likeness (QED) is 0.612. The first-order chi connectivity index (χ1) is 9.54. The van der Waals surface area contributed by atoms with Crippen LogP contribution < -0.4 is 11.2 Å². The molecule has 0 aromatic heterocycles. The van der Waals surface area contributed by atoms with Gasteiger partial charge in [-0.05, 0) is 5.56 Å². The van der Waals surface area contributed by atoms with Gasteiger partial charge in [-0.15, -0.1) is 0 Å². The molecule has 0 bridgehead atoms. The van der Waals surface area contributed by atoms with Gasteiger partial charge in [0.05, 0.1) is 6.54 Å². The minimum absolute atomic E-state index is 0.0389. The molecule has 108 valence electrons. The monoisotopic (exact) mass is 281 g/mol. The average molecular weight is 281 g/mol. The second kappa shape index (κ2) is 7.87. The van der Waals surface area contributed by atoms with Gasteiger partial charge in [0.1, 0.15) is 13.2 Å². The maximum Gasteiger partial charge on any atom is 0.431 e. The Balaban J connectivity index is 2.58. The van der Waals surface area contributed by atoms with Gasteiger partial charge in [0.2, 0.25) is 0 Å². The minimum Gasteiger partial charge on any atom is -0.480 e. The van der Waals surface area contributed by atoms with Crippen LogP contribution in [-0.4, -0.2) is 41.2 Å². The number of hydrogen-bond acceptors (Lipinski definition) is 6. The Labute approximate surface area is 115 Å². The fourth-order valence-electron chi connectivity index (χ4n) is 1.28. The van der Waals surface area contributed by atoms with Crippen LogP contribution in [0.4, 0.5) is 4.79 Å². The molecule has 8 nitrogen and oxygen atoms in total. The topological polar surface area (TPSA) is 122 Å². The van der Waals surface area contributed by atoms with Crippen molar-refractivity contribution in [3.8, 4) is 0 Å². The molecule has 1 aromatic rings. The first kappa shape index (κ1) is 15.6. The molecule has 0 unspecified atom stereocenters. The van der Waals surface area contributed by atoms with E-state index in [0.29, 0.717) is 5.01 Å². The van der Waals surface area contributed by atoms with Gasteiger partial charge in [0, 0.05) is 0 Å². The van der Waals surface area contributed by atoms with Gasteiger partial charge < -0.3 is 15.6 Å². The van der Waals surface area contributed by atoms with Crippen LogP contribution in [0.2, 0.25) is 0 Å². The van der Waals surface area contributed by atoms with Crippen molar-refractivity contribution in [2.45, 2.75) is 6.61 Å². The van der Waals surface area contributed by atoms with Crippen LogP contribution in [0.1, 0.15) is 5.56 Å². The lowest BCUT2D eigenvalue weighted by molar-refractivity contribution is -0.138. The highest BCUT2D eigenvalue weighted by atomic mass is 16.6. The highest BCUT2D eigenvalue weighted by Crippen LogP contribution is 2.02. The zero-order chi connectivity index (χ0) is 15.0. The predicted molar refractivity (Wildman–Crippen MR) is 68.2 cm³/mol. The third kappa shape index (κ3) is 5.04. The molecule has 0 atom stereocenters. The Hall–Kier alpha value is -2.45. The molecule has 0 saturated carbocycles. The number of carbonyl (C=O) groups is 3. The van der Waals surface area contributed by atoms with Crippen molar-refractivity contribution in [3.63, 3.8) is 0 Å². The number of nitrogens with zero attached hydrogens (tertiary/aromatic N) is 1. The summed E-state index contributed by atoms with van der Waals surface area (Å²) in [5, 5.41) is 8.98. The molecule has 1 rings (SSSR count). The molecule has 0 aliphatic carbocycles. The molecule has 0 aliphatic heterocycles. The maximum atomic E-state index is 11.7. The van der Waals surface area contributed by atoms with E-state index in [1.807, 2.05) is 6.07 Å². The lowest BCUT2D eigenvalue weighted by atomic mass is 10.2. The first-order valence-electron chi connectivity index (χ1n) is 5.73. The molecular formula is C12H15N3O5. The Morgan fingerprint density at radius 1 is 1.25 bits per heavy atom. The van der Waals surface area contributed by atoms with Crippen LogP contribution in [0.5, 0.6) is 0 Å². The van der Waals surface area contributed by atoms with Crippen LogP contribution in [0.3, 0.4) is 0 Å². The smallest absolute Gasteiger partial charge is 0.431 e. The number of hydrogen-bond donors (Lipinski definition) is 3. The van der Waals surface area contributed by atoms with Crippen LogP contribution >= 0.6 is 0 Å². The third-order valence-electron chi connectivity index (χ3n) is 2.20. The standard InChI is InChI=1S/C12H15N3O5/c13-6-10(16)15(14-7-11(17)18)12(19)20-8-9-4-2-1-3-5-9/h1-5,14H,6-8,13H2,(H,17,18). The molecule has 0 radical (unpaired) electrons. The second-order valence-corrected chi connectivity index (χ2v) is 3.70. The van der Waals surface area contributed by atoms with Crippen LogP contribution in [-0.2, 0) is 20.9 Å². The number of nitrogens with one attached hydrogen (secondary N) is 1. The minimum atomic E-state index is -1.23. The number of nitrogens with two attached hydrogens (primary N) is 1. The Kier molecular flexibility index (Phi) is 6.14. The number of hydrazine groups is 1. The van der Waals surface area contributed by atoms with Gasteiger partial charge in [-0.3, -0.25) is 9.59 Å². The number of amides is 2. The predicted octanol–water partition coefficient (Wildman–Crippen LogP) is -0.300. The number of carboxylic acid groups (broad SMARTS) is 1. The van der Waals surface area contributed by atoms with Crippen molar-refractivity contribution in [2.24, 2.45) is 5.73 Å². The number of imide groups is 1. The second-order valence-electron chi connectivity index (χ2n) is 3.70. The molecule has 0 aliphatic rings. The van der Waals surface area contributed by atoms with Gasteiger partial charge in [-0.1, -0.05) is 30.3 Å². The number of carboxylic acids is 1. The van der Waals surface area contributed by atoms with Gasteiger partial charge >= 0.3 is 12.1 Å². The van der Waals surface area contributed by atoms with E-state index < -0.39 is 31.1 Å². The van der Waals surface area contributed by atoms with E-state index in [2.05, 4.69) is 5.43 Å². The molecule has 20 heavy (non-hydrogen) atoms. The van der Waals surface area contributed by atoms with Gasteiger partial charge in [-0.2, -0.15) is 5.01 Å². The van der Waals surface area contributed by atoms with E-state index >= 15 is 0 Å². The molecule has 0 spiro atoms. The summed E-state index contributed by atoms with van der Waals surface area (Å²) in [4.78, 5) is 33.6. The SMILES string of the molecule is NCC(=O)N(NCC(=O)O)C(=O)OCc1ccccc1. The number of rotatable bonds is 6. The highest BCUT2D eigenvalue weighted by molar-refractivity contribution is 5.92. The fourth-order valence-corrected chi connectivity index (χ4v) is 1.28. The highest BCUT2D eigenvalue weighted by Gasteiger charge is 2.22. The van der Waals surface area contributed by atoms with E-state index in [9.17, 15) is 14.4 Å². The molecule has 8 heteroatoms. The Bertz CT molecular complexity index is 477. The van der Waals surface area contributed by atoms with Gasteiger partial charge in [0.25, 0.3) is 5.91 Å². The summed E-state index contributed by atoms with van der Waals surface area (Å²) < 4.78 is 4.90. The van der Waals surface area contributed by atoms with E-state index in [1.165, 1.54) is 0 Å². The Morgan fingerprint density at radius 3 is 2.45 bits per heavy atom. The number of benzene rings is 1. The fraction of sp³-hybridized carbons (Fsp3) is 0.250. The normalized spacial score (nSPS) is 9.85. The van der Waals surface area contributed by atoms with Crippen molar-refractivity contribution in [3.05, 3.63) is 35.9 Å². The lowest BCUT2D eigenvalue weighted by Crippen LogP contribution is -2.51. The van der Waals surface area contributed by atoms with E-state index in [4.69, 9.17) is 15.6 Å². The third-order valence-corrected chi connectivity index (χ3v) is 2.20. The largest absolute Gasteiger partial charge is 0.480 e. The summed E-state index contributed by atoms with van der Waals surface area (Å²) in [6.07, 6.45) is -1.01. The molecule has 4 N–H and O–H groups in total. The molecule has 0 heterocycles. The summed E-state index contributed by atoms with van der Waals surface area (Å²) in [7, 11) is 0. The van der Waals surface area contributed by atoms with Gasteiger partial charge in [-0.25, -0.2) is 10.2 Å². The summed E-state index contributed by atoms with van der Waals surface area (Å²) in [6, 6.07) is 8.84. The van der Waals surface area contributed by atoms with Crippen molar-refractivity contribution < 1.29 is 24.2 Å². The summed E-state index contributed by atoms with van der Waals surface area (Å²) >= 11 is 0. The van der Waals surface area contributed by atoms with E-state index in [-0.39, 0.29) is 6.61 Å². The molecule has 0 saturated heterocycles. The number of aliphatic carboxylic acids is 1. The van der Waals surface area contributed by atoms with Crippen molar-refractivity contribution in [1.82, 2.24) is 10.4 Å².